The zero-order valence-electron chi connectivity index (χ0n) is 20.3. The van der Waals surface area contributed by atoms with Crippen LogP contribution in [-0.2, 0) is 9.59 Å². The van der Waals surface area contributed by atoms with Gasteiger partial charge in [-0.05, 0) is 67.1 Å². The van der Waals surface area contributed by atoms with Crippen LogP contribution in [-0.4, -0.2) is 62.5 Å². The van der Waals surface area contributed by atoms with Crippen molar-refractivity contribution in [3.05, 3.63) is 54.1 Å². The fraction of sp³-hybridized carbons (Fsp3) is 0.500. The van der Waals surface area contributed by atoms with Gasteiger partial charge in [0.05, 0.1) is 5.92 Å². The summed E-state index contributed by atoms with van der Waals surface area (Å²) in [5.74, 6) is 0.269. The monoisotopic (exact) mass is 473 g/mol. The SMILES string of the molecule is Nc1ccc(N2CCC(CN3CC4(C3)CN(c3ccc(C5CCC(=O)NC5=O)cc3)C4)CC2)cc1. The molecule has 2 aromatic rings. The van der Waals surface area contributed by atoms with Gasteiger partial charge in [-0.2, -0.15) is 0 Å². The van der Waals surface area contributed by atoms with Crippen molar-refractivity contribution in [2.45, 2.75) is 31.6 Å². The van der Waals surface area contributed by atoms with E-state index in [2.05, 4.69) is 56.4 Å². The Hall–Kier alpha value is -3.06. The lowest BCUT2D eigenvalue weighted by atomic mass is 9.72. The molecule has 0 bridgehead atoms. The van der Waals surface area contributed by atoms with Crippen molar-refractivity contribution in [2.75, 3.05) is 61.3 Å². The lowest BCUT2D eigenvalue weighted by Gasteiger charge is -2.61. The van der Waals surface area contributed by atoms with Gasteiger partial charge in [-0.15, -0.1) is 0 Å². The standard InChI is InChI=1S/C28H35N5O2/c29-22-3-7-23(8-4-22)32-13-11-20(12-14-32)15-31-16-28(17-31)18-33(19-28)24-5-1-21(2-6-24)25-9-10-26(34)30-27(25)35/h1-8,20,25H,9-19,29H2,(H,30,34,35). The third-order valence-electron chi connectivity index (χ3n) is 8.46. The van der Waals surface area contributed by atoms with Crippen LogP contribution < -0.4 is 20.9 Å². The molecule has 3 N–H and O–H groups in total. The Labute approximate surface area is 207 Å². The third-order valence-corrected chi connectivity index (χ3v) is 8.46. The minimum atomic E-state index is -0.206. The van der Waals surface area contributed by atoms with Crippen LogP contribution in [0.3, 0.4) is 0 Å². The first kappa shape index (κ1) is 22.4. The number of imide groups is 1. The first-order valence-corrected chi connectivity index (χ1v) is 13.0. The van der Waals surface area contributed by atoms with E-state index < -0.39 is 0 Å². The van der Waals surface area contributed by atoms with E-state index in [0.29, 0.717) is 18.3 Å². The Morgan fingerprint density at radius 1 is 0.829 bits per heavy atom. The van der Waals surface area contributed by atoms with E-state index in [1.54, 1.807) is 0 Å². The molecule has 2 aromatic carbocycles. The molecular weight excluding hydrogens is 438 g/mol. The molecule has 4 heterocycles. The molecule has 184 valence electrons. The molecular formula is C28H35N5O2. The summed E-state index contributed by atoms with van der Waals surface area (Å²) in [4.78, 5) is 31.1. The maximum atomic E-state index is 12.1. The molecule has 7 heteroatoms. The minimum absolute atomic E-state index is 0.160. The second kappa shape index (κ2) is 8.86. The average molecular weight is 474 g/mol. The van der Waals surface area contributed by atoms with Crippen molar-refractivity contribution in [1.82, 2.24) is 10.2 Å². The molecule has 1 atom stereocenters. The Balaban J connectivity index is 0.939. The van der Waals surface area contributed by atoms with Gasteiger partial charge in [0, 0.05) is 74.7 Å². The van der Waals surface area contributed by atoms with Gasteiger partial charge in [0.2, 0.25) is 11.8 Å². The molecule has 0 aromatic heterocycles. The summed E-state index contributed by atoms with van der Waals surface area (Å²) in [5.41, 5.74) is 10.7. The fourth-order valence-corrected chi connectivity index (χ4v) is 6.53. The van der Waals surface area contributed by atoms with E-state index in [4.69, 9.17) is 5.73 Å². The highest BCUT2D eigenvalue weighted by Gasteiger charge is 2.51. The fourth-order valence-electron chi connectivity index (χ4n) is 6.53. The summed E-state index contributed by atoms with van der Waals surface area (Å²) in [6.45, 7) is 8.18. The van der Waals surface area contributed by atoms with E-state index in [0.717, 1.165) is 43.3 Å². The van der Waals surface area contributed by atoms with Crippen molar-refractivity contribution < 1.29 is 9.59 Å². The number of benzene rings is 2. The quantitative estimate of drug-likeness (QED) is 0.513. The van der Waals surface area contributed by atoms with Crippen LogP contribution in [0.5, 0.6) is 0 Å². The van der Waals surface area contributed by atoms with Crippen molar-refractivity contribution >= 4 is 28.9 Å². The smallest absolute Gasteiger partial charge is 0.234 e. The van der Waals surface area contributed by atoms with E-state index in [-0.39, 0.29) is 17.7 Å². The van der Waals surface area contributed by atoms with Crippen LogP contribution in [0.4, 0.5) is 17.1 Å². The molecule has 1 spiro atoms. The average Bonchev–Trinajstić information content (AvgIpc) is 2.81. The number of nitrogens with one attached hydrogen (secondary N) is 1. The van der Waals surface area contributed by atoms with Gasteiger partial charge in [-0.1, -0.05) is 12.1 Å². The van der Waals surface area contributed by atoms with Crippen molar-refractivity contribution in [2.24, 2.45) is 11.3 Å². The zero-order chi connectivity index (χ0) is 24.0. The summed E-state index contributed by atoms with van der Waals surface area (Å²) < 4.78 is 0. The highest BCUT2D eigenvalue weighted by Crippen LogP contribution is 2.43. The predicted molar refractivity (Wildman–Crippen MR) is 138 cm³/mol. The number of amides is 2. The molecule has 4 fully saturated rings. The van der Waals surface area contributed by atoms with Crippen LogP contribution in [0.25, 0.3) is 0 Å². The van der Waals surface area contributed by atoms with Gasteiger partial charge in [-0.3, -0.25) is 14.9 Å². The number of carbonyl (C=O) groups is 2. The second-order valence-corrected chi connectivity index (χ2v) is 11.1. The lowest BCUT2D eigenvalue weighted by molar-refractivity contribution is -0.134. The van der Waals surface area contributed by atoms with Crippen LogP contribution in [0.1, 0.15) is 37.2 Å². The van der Waals surface area contributed by atoms with Crippen LogP contribution >= 0.6 is 0 Å². The lowest BCUT2D eigenvalue weighted by Crippen LogP contribution is -2.72. The van der Waals surface area contributed by atoms with E-state index in [1.807, 2.05) is 12.1 Å². The molecule has 6 rings (SSSR count). The summed E-state index contributed by atoms with van der Waals surface area (Å²) >= 11 is 0. The molecule has 2 amide bonds. The Bertz CT molecular complexity index is 1080. The van der Waals surface area contributed by atoms with Crippen molar-refractivity contribution in [3.8, 4) is 0 Å². The maximum absolute atomic E-state index is 12.1. The molecule has 0 radical (unpaired) electrons. The molecule has 1 unspecified atom stereocenters. The number of nitrogens with two attached hydrogens (primary N) is 1. The predicted octanol–water partition coefficient (Wildman–Crippen LogP) is 2.83. The molecule has 4 aliphatic rings. The minimum Gasteiger partial charge on any atom is -0.399 e. The van der Waals surface area contributed by atoms with Gasteiger partial charge in [0.25, 0.3) is 0 Å². The van der Waals surface area contributed by atoms with Gasteiger partial charge < -0.3 is 20.4 Å². The summed E-state index contributed by atoms with van der Waals surface area (Å²) in [6, 6.07) is 16.7. The Morgan fingerprint density at radius 2 is 1.46 bits per heavy atom. The second-order valence-electron chi connectivity index (χ2n) is 11.1. The number of rotatable bonds is 5. The molecule has 0 saturated carbocycles. The first-order valence-electron chi connectivity index (χ1n) is 13.0. The molecule has 7 nitrogen and oxygen atoms in total. The number of carbonyl (C=O) groups excluding carboxylic acids is 2. The Kier molecular flexibility index (Phi) is 5.67. The number of nitrogens with zero attached hydrogens (tertiary/aromatic N) is 3. The van der Waals surface area contributed by atoms with Crippen LogP contribution in [0.2, 0.25) is 0 Å². The largest absolute Gasteiger partial charge is 0.399 e. The van der Waals surface area contributed by atoms with Crippen LogP contribution in [0.15, 0.2) is 48.5 Å². The topological polar surface area (TPSA) is 81.9 Å². The van der Waals surface area contributed by atoms with Gasteiger partial charge >= 0.3 is 0 Å². The van der Waals surface area contributed by atoms with Gasteiger partial charge in [0.15, 0.2) is 0 Å². The first-order chi connectivity index (χ1) is 17.0. The number of nitrogen functional groups attached to an aromatic ring is 1. The van der Waals surface area contributed by atoms with Gasteiger partial charge in [-0.25, -0.2) is 0 Å². The number of piperidine rings is 2. The number of anilines is 3. The number of hydrogen-bond acceptors (Lipinski definition) is 6. The molecule has 35 heavy (non-hydrogen) atoms. The highest BCUT2D eigenvalue weighted by atomic mass is 16.2. The summed E-state index contributed by atoms with van der Waals surface area (Å²) in [7, 11) is 0. The molecule has 0 aliphatic carbocycles. The van der Waals surface area contributed by atoms with Crippen molar-refractivity contribution in [3.63, 3.8) is 0 Å². The van der Waals surface area contributed by atoms with E-state index in [1.165, 1.54) is 43.9 Å². The number of hydrogen-bond donors (Lipinski definition) is 2. The van der Waals surface area contributed by atoms with Crippen molar-refractivity contribution in [1.29, 1.82) is 0 Å². The highest BCUT2D eigenvalue weighted by molar-refractivity contribution is 6.00. The van der Waals surface area contributed by atoms with Crippen LogP contribution in [0, 0.1) is 11.3 Å². The number of likely N-dealkylation sites (tertiary alicyclic amines) is 1. The normalized spacial score (nSPS) is 24.7. The summed E-state index contributed by atoms with van der Waals surface area (Å²) in [5, 5.41) is 2.46. The molecule has 4 saturated heterocycles. The maximum Gasteiger partial charge on any atom is 0.234 e. The van der Waals surface area contributed by atoms with E-state index >= 15 is 0 Å². The van der Waals surface area contributed by atoms with Gasteiger partial charge in [0.1, 0.15) is 0 Å². The third kappa shape index (κ3) is 4.49. The van der Waals surface area contributed by atoms with E-state index in [9.17, 15) is 9.59 Å². The Morgan fingerprint density at radius 3 is 2.11 bits per heavy atom. The zero-order valence-corrected chi connectivity index (χ0v) is 20.3. The molecule has 4 aliphatic heterocycles. The summed E-state index contributed by atoms with van der Waals surface area (Å²) in [6.07, 6.45) is 3.55.